The number of hydrazine groups is 1. The number of methoxy groups -OCH3 is 1. The Morgan fingerprint density at radius 2 is 1.80 bits per heavy atom. The van der Waals surface area contributed by atoms with Crippen molar-refractivity contribution in [2.45, 2.75) is 148 Å². The molecule has 4 saturated heterocycles. The standard InChI is InChI=1S/C58H78N10O7S/c1-8-66-45-20-19-38-27-40(45)41(51(66)39-15-11-23-59-48(39)35(2)74-7)29-57(3,4)34-75-56(73)42-16-12-24-68(62-42)54(71)43(28-46-60-44(38)31-76-46)61-53(70)50(36-13-9-10-14-36)64-25-21-58(32-64)22-26-65(33-58)55(72)52-49(37-17-18-37)67(52)30-47(69)63(5)6/h11,15,19-20,23,27,31,35-37,42-43,49-50,52,62H,8-10,12-14,16-18,21-22,24-26,28-30,32-34H2,1-7H3,(H,61,70)/t35-,42-,43-,49?,50?,52+,58-,67?/m0/s1. The smallest absolute Gasteiger partial charge is 0.324 e. The number of carbonyl (C=O) groups is 5. The molecule has 3 aromatic heterocycles. The Labute approximate surface area is 451 Å². The zero-order chi connectivity index (χ0) is 53.2. The average Bonchev–Trinajstić information content (AvgIpc) is 4.01. The predicted molar refractivity (Wildman–Crippen MR) is 291 cm³/mol. The van der Waals surface area contributed by atoms with E-state index in [-0.39, 0.29) is 72.7 Å². The second kappa shape index (κ2) is 21.2. The van der Waals surface area contributed by atoms with Crippen molar-refractivity contribution in [3.05, 3.63) is 58.2 Å². The van der Waals surface area contributed by atoms with E-state index in [0.717, 1.165) is 108 Å². The zero-order valence-electron chi connectivity index (χ0n) is 45.6. The maximum atomic E-state index is 15.2. The molecule has 6 bridgehead atoms. The van der Waals surface area contributed by atoms with Crippen LogP contribution in [0.15, 0.2) is 41.9 Å². The number of fused-ring (bicyclic) bond motifs is 6. The fraction of sp³-hybridized carbons (Fsp3) is 0.638. The number of thiazole rings is 1. The molecule has 408 valence electrons. The summed E-state index contributed by atoms with van der Waals surface area (Å²) in [6.45, 7) is 12.7. The lowest BCUT2D eigenvalue weighted by molar-refractivity contribution is -0.155. The van der Waals surface area contributed by atoms with Crippen LogP contribution in [-0.4, -0.2) is 166 Å². The van der Waals surface area contributed by atoms with Gasteiger partial charge in [-0.1, -0.05) is 32.8 Å². The first-order chi connectivity index (χ1) is 36.6. The number of amides is 4. The molecule has 3 unspecified atom stereocenters. The molecule has 8 atom stereocenters. The summed E-state index contributed by atoms with van der Waals surface area (Å²) in [6.07, 6.45) is 11.4. The monoisotopic (exact) mass is 1060 g/mol. The first kappa shape index (κ1) is 52.8. The van der Waals surface area contributed by atoms with Crippen LogP contribution in [-0.2, 0) is 52.8 Å². The van der Waals surface area contributed by atoms with Gasteiger partial charge in [-0.3, -0.25) is 43.8 Å². The Morgan fingerprint density at radius 1 is 1.01 bits per heavy atom. The van der Waals surface area contributed by atoms with Crippen LogP contribution in [0.4, 0.5) is 0 Å². The fourth-order valence-electron chi connectivity index (χ4n) is 13.7. The minimum atomic E-state index is -0.953. The number of aryl methyl sites for hydroxylation is 1. The molecule has 2 saturated carbocycles. The molecule has 8 heterocycles. The maximum Gasteiger partial charge on any atom is 0.324 e. The molecule has 5 aliphatic heterocycles. The van der Waals surface area contributed by atoms with Gasteiger partial charge in [0.25, 0.3) is 5.91 Å². The summed E-state index contributed by atoms with van der Waals surface area (Å²) in [6, 6.07) is 8.39. The number of likely N-dealkylation sites (N-methyl/N-ethyl adjacent to an activating group) is 1. The van der Waals surface area contributed by atoms with Crippen molar-refractivity contribution in [1.29, 1.82) is 0 Å². The molecule has 7 aliphatic rings. The van der Waals surface area contributed by atoms with Gasteiger partial charge in [-0.25, -0.2) is 10.4 Å². The van der Waals surface area contributed by atoms with Crippen LogP contribution in [0.5, 0.6) is 0 Å². The summed E-state index contributed by atoms with van der Waals surface area (Å²) in [5, 5.41) is 8.72. The van der Waals surface area contributed by atoms with Crippen molar-refractivity contribution in [1.82, 2.24) is 49.9 Å². The van der Waals surface area contributed by atoms with Gasteiger partial charge in [0, 0.05) is 111 Å². The van der Waals surface area contributed by atoms with Crippen molar-refractivity contribution in [3.63, 3.8) is 0 Å². The largest absolute Gasteiger partial charge is 0.464 e. The van der Waals surface area contributed by atoms with Gasteiger partial charge < -0.3 is 29.2 Å². The quantitative estimate of drug-likeness (QED) is 0.121. The lowest BCUT2D eigenvalue weighted by Gasteiger charge is -2.37. The summed E-state index contributed by atoms with van der Waals surface area (Å²) >= 11 is 1.49. The molecule has 0 radical (unpaired) electrons. The lowest BCUT2D eigenvalue weighted by Crippen LogP contribution is -2.62. The molecule has 2 N–H and O–H groups in total. The van der Waals surface area contributed by atoms with Crippen molar-refractivity contribution in [2.24, 2.45) is 22.7 Å². The van der Waals surface area contributed by atoms with Crippen LogP contribution in [0, 0.1) is 22.7 Å². The van der Waals surface area contributed by atoms with Gasteiger partial charge in [0.15, 0.2) is 0 Å². The van der Waals surface area contributed by atoms with Gasteiger partial charge in [0.05, 0.1) is 47.4 Å². The molecule has 1 aromatic carbocycles. The molecule has 6 fully saturated rings. The number of nitrogens with zero attached hydrogens (tertiary/aromatic N) is 8. The zero-order valence-corrected chi connectivity index (χ0v) is 46.5. The normalized spacial score (nSPS) is 27.9. The SMILES string of the molecule is CCn1c(-c2cccnc2[C@H](C)OC)c2c3cc(ccc31)-c1csc(n1)C[C@H](NC(=O)C(C1CCCC1)N1CC[C@]3(CCN(C(=O)[C@H]4C(C5CC5)N4CC(=O)N(C)C)C3)C1)C(=O)N1CCC[C@H](N1)C(=O)OCC(C)(C)C2. The van der Waals surface area contributed by atoms with E-state index in [1.165, 1.54) is 16.3 Å². The first-order valence-electron chi connectivity index (χ1n) is 28.2. The number of pyridine rings is 1. The van der Waals surface area contributed by atoms with Crippen molar-refractivity contribution in [3.8, 4) is 22.5 Å². The van der Waals surface area contributed by atoms with E-state index in [0.29, 0.717) is 57.9 Å². The van der Waals surface area contributed by atoms with Crippen molar-refractivity contribution in [2.75, 3.05) is 67.1 Å². The van der Waals surface area contributed by atoms with E-state index >= 15 is 9.59 Å². The molecule has 11 rings (SSSR count). The predicted octanol–water partition coefficient (Wildman–Crippen LogP) is 6.24. The van der Waals surface area contributed by atoms with E-state index < -0.39 is 29.5 Å². The number of ether oxygens (including phenoxy) is 2. The van der Waals surface area contributed by atoms with Gasteiger partial charge >= 0.3 is 5.97 Å². The van der Waals surface area contributed by atoms with E-state index in [9.17, 15) is 14.4 Å². The Hall–Kier alpha value is -5.27. The molecule has 4 amide bonds. The summed E-state index contributed by atoms with van der Waals surface area (Å²) in [7, 11) is 5.24. The van der Waals surface area contributed by atoms with Crippen LogP contribution >= 0.6 is 11.3 Å². The lowest BCUT2D eigenvalue weighted by atomic mass is 9.84. The third-order valence-corrected chi connectivity index (χ3v) is 18.9. The maximum absolute atomic E-state index is 15.2. The van der Waals surface area contributed by atoms with Crippen LogP contribution in [0.2, 0.25) is 0 Å². The second-order valence-electron chi connectivity index (χ2n) is 24.2. The van der Waals surface area contributed by atoms with Crippen LogP contribution in [0.1, 0.15) is 114 Å². The number of cyclic esters (lactones) is 1. The first-order valence-corrected chi connectivity index (χ1v) is 29.0. The Balaban J connectivity index is 0.879. The minimum absolute atomic E-state index is 0.0245. The molecule has 2 aliphatic carbocycles. The van der Waals surface area contributed by atoms with Crippen LogP contribution in [0.3, 0.4) is 0 Å². The second-order valence-corrected chi connectivity index (χ2v) is 25.2. The summed E-state index contributed by atoms with van der Waals surface area (Å²) in [4.78, 5) is 89.5. The topological polar surface area (TPSA) is 175 Å². The average molecular weight is 1060 g/mol. The minimum Gasteiger partial charge on any atom is -0.464 e. The molecule has 17 nitrogen and oxygen atoms in total. The molecule has 1 spiro atoms. The third kappa shape index (κ3) is 10.3. The Bertz CT molecular complexity index is 2870. The van der Waals surface area contributed by atoms with Crippen LogP contribution < -0.4 is 10.7 Å². The molecule has 4 aromatic rings. The van der Waals surface area contributed by atoms with Crippen molar-refractivity contribution >= 4 is 51.8 Å². The van der Waals surface area contributed by atoms with Gasteiger partial charge in [-0.2, -0.15) is 0 Å². The Morgan fingerprint density at radius 3 is 2.55 bits per heavy atom. The highest BCUT2D eigenvalue weighted by atomic mass is 32.1. The highest BCUT2D eigenvalue weighted by Crippen LogP contribution is 2.49. The molecular weight excluding hydrogens is 981 g/mol. The highest BCUT2D eigenvalue weighted by Gasteiger charge is 2.61. The van der Waals surface area contributed by atoms with E-state index in [2.05, 4.69) is 70.1 Å². The van der Waals surface area contributed by atoms with E-state index in [1.807, 2.05) is 29.5 Å². The van der Waals surface area contributed by atoms with E-state index in [4.69, 9.17) is 19.4 Å². The van der Waals surface area contributed by atoms with E-state index in [1.54, 1.807) is 26.1 Å². The highest BCUT2D eigenvalue weighted by molar-refractivity contribution is 7.10. The van der Waals surface area contributed by atoms with Gasteiger partial charge in [-0.05, 0) is 120 Å². The number of likely N-dealkylation sites (tertiary alicyclic amines) is 2. The number of nitrogens with one attached hydrogen (secondary N) is 2. The number of aromatic nitrogens is 3. The Kier molecular flexibility index (Phi) is 14.7. The number of carbonyl (C=O) groups excluding carboxylic acids is 5. The number of esters is 1. The summed E-state index contributed by atoms with van der Waals surface area (Å²) in [5.41, 5.74) is 9.50. The molecular formula is C58H78N10O7S. The summed E-state index contributed by atoms with van der Waals surface area (Å²) in [5.74, 6) is -0.0708. The third-order valence-electron chi connectivity index (χ3n) is 18.0. The summed E-state index contributed by atoms with van der Waals surface area (Å²) < 4.78 is 14.4. The van der Waals surface area contributed by atoms with Gasteiger partial charge in [-0.15, -0.1) is 11.3 Å². The number of rotatable bonds is 12. The van der Waals surface area contributed by atoms with Gasteiger partial charge in [0.1, 0.15) is 18.1 Å². The number of hydrogen-bond donors (Lipinski definition) is 2. The molecule has 18 heteroatoms. The molecule has 76 heavy (non-hydrogen) atoms. The van der Waals surface area contributed by atoms with Crippen molar-refractivity contribution < 1.29 is 33.4 Å². The number of benzene rings is 1. The van der Waals surface area contributed by atoms with Crippen LogP contribution in [0.25, 0.3) is 33.4 Å². The number of hydrogen-bond acceptors (Lipinski definition) is 13. The fourth-order valence-corrected chi connectivity index (χ4v) is 14.5. The van der Waals surface area contributed by atoms with Gasteiger partial charge in [0.2, 0.25) is 17.7 Å².